The van der Waals surface area contributed by atoms with Gasteiger partial charge in [0, 0.05) is 19.6 Å². The van der Waals surface area contributed by atoms with Crippen molar-refractivity contribution in [2.45, 2.75) is 51.2 Å². The Bertz CT molecular complexity index is 331. The molecule has 0 amide bonds. The van der Waals surface area contributed by atoms with Crippen molar-refractivity contribution in [3.05, 3.63) is 12.4 Å². The van der Waals surface area contributed by atoms with Gasteiger partial charge in [-0.2, -0.15) is 5.10 Å². The van der Waals surface area contributed by atoms with Crippen molar-refractivity contribution in [2.24, 2.45) is 7.05 Å². The quantitative estimate of drug-likeness (QED) is 0.852. The maximum Gasteiger partial charge on any atom is 0.157 e. The first-order chi connectivity index (χ1) is 8.24. The van der Waals surface area contributed by atoms with Crippen molar-refractivity contribution in [1.29, 1.82) is 0 Å². The van der Waals surface area contributed by atoms with E-state index >= 15 is 0 Å². The third-order valence-electron chi connectivity index (χ3n) is 3.32. The van der Waals surface area contributed by atoms with Crippen LogP contribution in [0.3, 0.4) is 0 Å². The third-order valence-corrected chi connectivity index (χ3v) is 3.32. The second-order valence-corrected chi connectivity index (χ2v) is 5.02. The van der Waals surface area contributed by atoms with E-state index in [9.17, 15) is 0 Å². The van der Waals surface area contributed by atoms with E-state index in [-0.39, 0.29) is 6.10 Å². The molecule has 4 heteroatoms. The molecule has 17 heavy (non-hydrogen) atoms. The van der Waals surface area contributed by atoms with Crippen LogP contribution in [0.15, 0.2) is 12.4 Å². The van der Waals surface area contributed by atoms with Crippen LogP contribution in [0.5, 0.6) is 5.75 Å². The van der Waals surface area contributed by atoms with Crippen LogP contribution in [0.25, 0.3) is 0 Å². The smallest absolute Gasteiger partial charge is 0.157 e. The predicted molar refractivity (Wildman–Crippen MR) is 68.2 cm³/mol. The molecule has 0 bridgehead atoms. The van der Waals surface area contributed by atoms with Crippen molar-refractivity contribution in [1.82, 2.24) is 15.1 Å². The molecule has 1 aromatic heterocycles. The molecule has 0 aliphatic heterocycles. The molecule has 1 fully saturated rings. The molecule has 1 saturated carbocycles. The van der Waals surface area contributed by atoms with Crippen molar-refractivity contribution in [3.63, 3.8) is 0 Å². The van der Waals surface area contributed by atoms with Gasteiger partial charge in [0.05, 0.1) is 12.4 Å². The highest BCUT2D eigenvalue weighted by Crippen LogP contribution is 2.17. The maximum absolute atomic E-state index is 5.78. The number of nitrogens with zero attached hydrogens (tertiary/aromatic N) is 2. The maximum atomic E-state index is 5.78. The van der Waals surface area contributed by atoms with Crippen LogP contribution in [-0.4, -0.2) is 28.5 Å². The number of nitrogens with one attached hydrogen (secondary N) is 1. The van der Waals surface area contributed by atoms with Crippen molar-refractivity contribution < 1.29 is 4.74 Å². The Labute approximate surface area is 103 Å². The number of rotatable bonds is 5. The Hall–Kier alpha value is -1.03. The second-order valence-electron chi connectivity index (χ2n) is 5.02. The van der Waals surface area contributed by atoms with Crippen LogP contribution in [0.4, 0.5) is 0 Å². The van der Waals surface area contributed by atoms with E-state index in [1.807, 2.05) is 13.2 Å². The molecular formula is C13H23N3O. The minimum Gasteiger partial charge on any atom is -0.486 e. The Kier molecular flexibility index (Phi) is 4.42. The van der Waals surface area contributed by atoms with E-state index in [2.05, 4.69) is 17.3 Å². The fourth-order valence-electron chi connectivity index (χ4n) is 2.37. The summed E-state index contributed by atoms with van der Waals surface area (Å²) >= 11 is 0. The summed E-state index contributed by atoms with van der Waals surface area (Å²) in [5.41, 5.74) is 0. The zero-order valence-corrected chi connectivity index (χ0v) is 10.9. The molecular weight excluding hydrogens is 214 g/mol. The number of aromatic nitrogens is 2. The minimum absolute atomic E-state index is 0.195. The highest BCUT2D eigenvalue weighted by molar-refractivity contribution is 5.11. The molecule has 1 atom stereocenters. The van der Waals surface area contributed by atoms with Gasteiger partial charge >= 0.3 is 0 Å². The summed E-state index contributed by atoms with van der Waals surface area (Å²) in [4.78, 5) is 0. The van der Waals surface area contributed by atoms with Gasteiger partial charge in [-0.05, 0) is 19.8 Å². The van der Waals surface area contributed by atoms with Gasteiger partial charge in [0.1, 0.15) is 6.10 Å². The SMILES string of the molecule is CC(CNC1CCCCC1)Oc1cnn(C)c1. The third kappa shape index (κ3) is 4.04. The lowest BCUT2D eigenvalue weighted by Crippen LogP contribution is -2.37. The first-order valence-corrected chi connectivity index (χ1v) is 6.63. The molecule has 0 aromatic carbocycles. The van der Waals surface area contributed by atoms with Crippen LogP contribution in [0.2, 0.25) is 0 Å². The molecule has 1 heterocycles. The Balaban J connectivity index is 1.68. The zero-order valence-electron chi connectivity index (χ0n) is 10.9. The van der Waals surface area contributed by atoms with E-state index in [1.165, 1.54) is 32.1 Å². The first-order valence-electron chi connectivity index (χ1n) is 6.63. The van der Waals surface area contributed by atoms with Gasteiger partial charge in [0.2, 0.25) is 0 Å². The van der Waals surface area contributed by atoms with E-state index in [0.29, 0.717) is 6.04 Å². The fourth-order valence-corrected chi connectivity index (χ4v) is 2.37. The average molecular weight is 237 g/mol. The van der Waals surface area contributed by atoms with Gasteiger partial charge < -0.3 is 10.1 Å². The lowest BCUT2D eigenvalue weighted by Gasteiger charge is -2.24. The van der Waals surface area contributed by atoms with Crippen molar-refractivity contribution in [2.75, 3.05) is 6.54 Å². The zero-order chi connectivity index (χ0) is 12.1. The number of aryl methyl sites for hydroxylation is 1. The Morgan fingerprint density at radius 3 is 2.88 bits per heavy atom. The fraction of sp³-hybridized carbons (Fsp3) is 0.769. The van der Waals surface area contributed by atoms with Crippen molar-refractivity contribution in [3.8, 4) is 5.75 Å². The molecule has 1 unspecified atom stereocenters. The topological polar surface area (TPSA) is 39.1 Å². The van der Waals surface area contributed by atoms with Crippen LogP contribution >= 0.6 is 0 Å². The average Bonchev–Trinajstić information content (AvgIpc) is 2.73. The summed E-state index contributed by atoms with van der Waals surface area (Å²) in [5.74, 6) is 0.852. The normalized spacial score (nSPS) is 19.2. The molecule has 1 aliphatic rings. The van der Waals surface area contributed by atoms with Gasteiger partial charge in [-0.1, -0.05) is 19.3 Å². The summed E-state index contributed by atoms with van der Waals surface area (Å²) in [7, 11) is 1.90. The molecule has 0 radical (unpaired) electrons. The van der Waals surface area contributed by atoms with Gasteiger partial charge in [-0.25, -0.2) is 0 Å². The first kappa shape index (κ1) is 12.4. The number of ether oxygens (including phenoxy) is 1. The largest absolute Gasteiger partial charge is 0.486 e. The highest BCUT2D eigenvalue weighted by Gasteiger charge is 2.14. The molecule has 96 valence electrons. The van der Waals surface area contributed by atoms with E-state index < -0.39 is 0 Å². The molecule has 4 nitrogen and oxygen atoms in total. The summed E-state index contributed by atoms with van der Waals surface area (Å²) in [5, 5.41) is 7.69. The molecule has 0 spiro atoms. The van der Waals surface area contributed by atoms with Gasteiger partial charge in [0.15, 0.2) is 5.75 Å². The Morgan fingerprint density at radius 1 is 1.47 bits per heavy atom. The summed E-state index contributed by atoms with van der Waals surface area (Å²) in [6, 6.07) is 0.698. The predicted octanol–water partition coefficient (Wildman–Crippen LogP) is 2.11. The lowest BCUT2D eigenvalue weighted by molar-refractivity contribution is 0.205. The molecule has 0 saturated heterocycles. The second kappa shape index (κ2) is 6.05. The summed E-state index contributed by atoms with van der Waals surface area (Å²) in [6.45, 7) is 3.02. The van der Waals surface area contributed by atoms with E-state index in [1.54, 1.807) is 10.9 Å². The minimum atomic E-state index is 0.195. The van der Waals surface area contributed by atoms with Crippen LogP contribution < -0.4 is 10.1 Å². The van der Waals surface area contributed by atoms with Crippen molar-refractivity contribution >= 4 is 0 Å². The summed E-state index contributed by atoms with van der Waals surface area (Å²) < 4.78 is 7.54. The van der Waals surface area contributed by atoms with Crippen LogP contribution in [0, 0.1) is 0 Å². The van der Waals surface area contributed by atoms with E-state index in [0.717, 1.165) is 12.3 Å². The number of hydrogen-bond acceptors (Lipinski definition) is 3. The van der Waals surface area contributed by atoms with Crippen LogP contribution in [-0.2, 0) is 7.05 Å². The lowest BCUT2D eigenvalue weighted by atomic mass is 9.95. The molecule has 1 aliphatic carbocycles. The standard InChI is InChI=1S/C13H23N3O/c1-11(17-13-9-15-16(2)10-13)8-14-12-6-4-3-5-7-12/h9-12,14H,3-8H2,1-2H3. The monoisotopic (exact) mass is 237 g/mol. The number of hydrogen-bond donors (Lipinski definition) is 1. The molecule has 1 N–H and O–H groups in total. The Morgan fingerprint density at radius 2 is 2.24 bits per heavy atom. The highest BCUT2D eigenvalue weighted by atomic mass is 16.5. The van der Waals surface area contributed by atoms with Gasteiger partial charge in [-0.3, -0.25) is 4.68 Å². The molecule has 2 rings (SSSR count). The molecule has 1 aromatic rings. The van der Waals surface area contributed by atoms with Gasteiger partial charge in [0.25, 0.3) is 0 Å². The van der Waals surface area contributed by atoms with Gasteiger partial charge in [-0.15, -0.1) is 0 Å². The van der Waals surface area contributed by atoms with E-state index in [4.69, 9.17) is 4.74 Å². The summed E-state index contributed by atoms with van der Waals surface area (Å²) in [6.07, 6.45) is 10.6. The van der Waals surface area contributed by atoms with Crippen LogP contribution in [0.1, 0.15) is 39.0 Å².